The summed E-state index contributed by atoms with van der Waals surface area (Å²) in [5.74, 6) is 0. The predicted octanol–water partition coefficient (Wildman–Crippen LogP) is 1.08. The minimum absolute atomic E-state index is 0.197. The van der Waals surface area contributed by atoms with E-state index in [0.29, 0.717) is 5.15 Å². The Bertz CT molecular complexity index is 266. The zero-order valence-corrected chi connectivity index (χ0v) is 6.67. The average Bonchev–Trinajstić information content (AvgIpc) is 2.70. The van der Waals surface area contributed by atoms with Crippen LogP contribution in [0.15, 0.2) is 12.1 Å². The van der Waals surface area contributed by atoms with Crippen molar-refractivity contribution in [2.24, 2.45) is 5.73 Å². The van der Waals surface area contributed by atoms with Gasteiger partial charge in [-0.25, -0.2) is 0 Å². The molecule has 1 saturated carbocycles. The van der Waals surface area contributed by atoms with Gasteiger partial charge >= 0.3 is 0 Å². The van der Waals surface area contributed by atoms with E-state index in [0.717, 1.165) is 18.5 Å². The molecule has 11 heavy (non-hydrogen) atoms. The van der Waals surface area contributed by atoms with Crippen molar-refractivity contribution in [2.45, 2.75) is 18.4 Å². The van der Waals surface area contributed by atoms with E-state index in [2.05, 4.69) is 10.2 Å². The van der Waals surface area contributed by atoms with Crippen molar-refractivity contribution in [2.75, 3.05) is 0 Å². The van der Waals surface area contributed by atoms with Crippen LogP contribution in [0.25, 0.3) is 0 Å². The van der Waals surface area contributed by atoms with E-state index in [1.54, 1.807) is 6.07 Å². The highest BCUT2D eigenvalue weighted by atomic mass is 35.5. The van der Waals surface area contributed by atoms with Crippen LogP contribution < -0.4 is 5.73 Å². The van der Waals surface area contributed by atoms with Gasteiger partial charge < -0.3 is 5.73 Å². The minimum atomic E-state index is -0.197. The first-order chi connectivity index (χ1) is 5.21. The van der Waals surface area contributed by atoms with Gasteiger partial charge in [-0.15, -0.1) is 5.10 Å². The third-order valence-electron chi connectivity index (χ3n) is 1.93. The molecule has 3 nitrogen and oxygen atoms in total. The molecule has 1 heterocycles. The highest BCUT2D eigenvalue weighted by Gasteiger charge is 2.41. The quantitative estimate of drug-likeness (QED) is 0.685. The van der Waals surface area contributed by atoms with Crippen molar-refractivity contribution in [3.05, 3.63) is 23.0 Å². The molecule has 0 saturated heterocycles. The van der Waals surface area contributed by atoms with E-state index in [9.17, 15) is 0 Å². The molecule has 0 aromatic carbocycles. The Morgan fingerprint density at radius 3 is 2.55 bits per heavy atom. The second-order valence-electron chi connectivity index (χ2n) is 2.90. The Kier molecular flexibility index (Phi) is 1.37. The maximum atomic E-state index is 5.87. The van der Waals surface area contributed by atoms with Crippen molar-refractivity contribution in [1.82, 2.24) is 10.2 Å². The van der Waals surface area contributed by atoms with Crippen LogP contribution in [-0.4, -0.2) is 10.2 Å². The molecule has 0 amide bonds. The fourth-order valence-corrected chi connectivity index (χ4v) is 1.07. The summed E-state index contributed by atoms with van der Waals surface area (Å²) in [6.45, 7) is 0. The number of aromatic nitrogens is 2. The Morgan fingerprint density at radius 1 is 1.36 bits per heavy atom. The van der Waals surface area contributed by atoms with E-state index >= 15 is 0 Å². The second-order valence-corrected chi connectivity index (χ2v) is 3.28. The topological polar surface area (TPSA) is 51.8 Å². The van der Waals surface area contributed by atoms with E-state index < -0.39 is 0 Å². The fourth-order valence-electron chi connectivity index (χ4n) is 0.972. The van der Waals surface area contributed by atoms with Gasteiger partial charge in [-0.2, -0.15) is 5.10 Å². The summed E-state index contributed by atoms with van der Waals surface area (Å²) < 4.78 is 0. The molecule has 2 rings (SSSR count). The third-order valence-corrected chi connectivity index (χ3v) is 2.13. The molecule has 4 heteroatoms. The van der Waals surface area contributed by atoms with Crippen molar-refractivity contribution in [3.8, 4) is 0 Å². The van der Waals surface area contributed by atoms with E-state index in [4.69, 9.17) is 17.3 Å². The van der Waals surface area contributed by atoms with Crippen molar-refractivity contribution in [1.29, 1.82) is 0 Å². The minimum Gasteiger partial charge on any atom is -0.320 e. The molecule has 0 unspecified atom stereocenters. The Morgan fingerprint density at radius 2 is 2.09 bits per heavy atom. The molecule has 0 atom stereocenters. The van der Waals surface area contributed by atoms with Gasteiger partial charge in [0.05, 0.1) is 11.2 Å². The molecule has 1 fully saturated rings. The van der Waals surface area contributed by atoms with Crippen LogP contribution in [0.1, 0.15) is 18.5 Å². The number of hydrogen-bond acceptors (Lipinski definition) is 3. The lowest BCUT2D eigenvalue weighted by molar-refractivity contribution is 0.687. The Balaban J connectivity index is 2.33. The largest absolute Gasteiger partial charge is 0.320 e. The number of hydrogen-bond donors (Lipinski definition) is 1. The van der Waals surface area contributed by atoms with Gasteiger partial charge in [-0.1, -0.05) is 11.6 Å². The maximum Gasteiger partial charge on any atom is 0.151 e. The summed E-state index contributed by atoms with van der Waals surface area (Å²) in [7, 11) is 0. The molecule has 58 valence electrons. The molecule has 1 aromatic rings. The maximum absolute atomic E-state index is 5.87. The molecule has 0 aliphatic heterocycles. The summed E-state index contributed by atoms with van der Waals surface area (Å²) in [4.78, 5) is 0. The number of nitrogens with two attached hydrogens (primary N) is 1. The van der Waals surface area contributed by atoms with Crippen molar-refractivity contribution >= 4 is 11.6 Å². The lowest BCUT2D eigenvalue weighted by Gasteiger charge is -2.04. The van der Waals surface area contributed by atoms with Crippen LogP contribution in [0.3, 0.4) is 0 Å². The Labute approximate surface area is 69.6 Å². The SMILES string of the molecule is NC1(c2ccc(Cl)nn2)CC1. The Hall–Kier alpha value is -0.670. The van der Waals surface area contributed by atoms with Crippen molar-refractivity contribution in [3.63, 3.8) is 0 Å². The van der Waals surface area contributed by atoms with Crippen LogP contribution in [0.4, 0.5) is 0 Å². The normalized spacial score (nSPS) is 19.8. The fraction of sp³-hybridized carbons (Fsp3) is 0.429. The zero-order valence-electron chi connectivity index (χ0n) is 5.92. The van der Waals surface area contributed by atoms with Gasteiger partial charge in [0.15, 0.2) is 5.15 Å². The first-order valence-corrected chi connectivity index (χ1v) is 3.87. The highest BCUT2D eigenvalue weighted by molar-refractivity contribution is 6.29. The monoisotopic (exact) mass is 169 g/mol. The first kappa shape index (κ1) is 7.00. The second kappa shape index (κ2) is 2.16. The third kappa shape index (κ3) is 1.21. The van der Waals surface area contributed by atoms with Crippen LogP contribution in [-0.2, 0) is 5.54 Å². The van der Waals surface area contributed by atoms with E-state index in [1.165, 1.54) is 0 Å². The van der Waals surface area contributed by atoms with Gasteiger partial charge in [-0.3, -0.25) is 0 Å². The van der Waals surface area contributed by atoms with Crippen LogP contribution in [0.2, 0.25) is 5.15 Å². The first-order valence-electron chi connectivity index (χ1n) is 3.49. The summed E-state index contributed by atoms with van der Waals surface area (Å²) in [5, 5.41) is 8.04. The molecule has 0 radical (unpaired) electrons. The lowest BCUT2D eigenvalue weighted by atomic mass is 10.2. The highest BCUT2D eigenvalue weighted by Crippen LogP contribution is 2.41. The van der Waals surface area contributed by atoms with Crippen LogP contribution >= 0.6 is 11.6 Å². The van der Waals surface area contributed by atoms with Gasteiger partial charge in [0, 0.05) is 0 Å². The average molecular weight is 170 g/mol. The van der Waals surface area contributed by atoms with Crippen LogP contribution in [0, 0.1) is 0 Å². The lowest BCUT2D eigenvalue weighted by Crippen LogP contribution is -2.20. The number of halogens is 1. The summed E-state index contributed by atoms with van der Waals surface area (Å²) >= 11 is 5.57. The van der Waals surface area contributed by atoms with Crippen LogP contribution in [0.5, 0.6) is 0 Å². The predicted molar refractivity (Wildman–Crippen MR) is 42.1 cm³/mol. The van der Waals surface area contributed by atoms with Gasteiger partial charge in [0.2, 0.25) is 0 Å². The standard InChI is InChI=1S/C7H8ClN3/c8-6-2-1-5(10-11-6)7(9)3-4-7/h1-2H,3-4,9H2. The van der Waals surface area contributed by atoms with Crippen molar-refractivity contribution < 1.29 is 0 Å². The molecule has 0 bridgehead atoms. The molecular formula is C7H8ClN3. The summed E-state index contributed by atoms with van der Waals surface area (Å²) in [5.41, 5.74) is 6.52. The number of nitrogens with zero attached hydrogens (tertiary/aromatic N) is 2. The van der Waals surface area contributed by atoms with E-state index in [-0.39, 0.29) is 5.54 Å². The van der Waals surface area contributed by atoms with Gasteiger partial charge in [0.1, 0.15) is 0 Å². The van der Waals surface area contributed by atoms with Gasteiger partial charge in [0.25, 0.3) is 0 Å². The van der Waals surface area contributed by atoms with Gasteiger partial charge in [-0.05, 0) is 25.0 Å². The zero-order chi connectivity index (χ0) is 7.90. The molecule has 0 spiro atoms. The smallest absolute Gasteiger partial charge is 0.151 e. The molecule has 1 aliphatic rings. The molecule has 1 aliphatic carbocycles. The summed E-state index contributed by atoms with van der Waals surface area (Å²) in [6.07, 6.45) is 2.01. The van der Waals surface area contributed by atoms with E-state index in [1.807, 2.05) is 6.07 Å². The molecular weight excluding hydrogens is 162 g/mol. The summed E-state index contributed by atoms with van der Waals surface area (Å²) in [6, 6.07) is 3.55. The molecule has 2 N–H and O–H groups in total. The molecule has 1 aromatic heterocycles. The number of rotatable bonds is 1.